The summed E-state index contributed by atoms with van der Waals surface area (Å²) in [6, 6.07) is 0. The molecule has 2 N–H and O–H groups in total. The first-order valence-electron chi connectivity index (χ1n) is 4.72. The first-order chi connectivity index (χ1) is 7.43. The molecule has 0 aliphatic rings. The van der Waals surface area contributed by atoms with Crippen molar-refractivity contribution in [2.75, 3.05) is 5.75 Å². The number of alkyl halides is 3. The second-order valence-corrected chi connectivity index (χ2v) is 4.17. The number of aliphatic hydroxyl groups is 1. The van der Waals surface area contributed by atoms with Gasteiger partial charge in [-0.15, -0.1) is 5.10 Å². The van der Waals surface area contributed by atoms with Crippen LogP contribution in [0.15, 0.2) is 5.16 Å². The lowest BCUT2D eigenvalue weighted by atomic mass is 10.3. The maximum atomic E-state index is 12.0. The smallest absolute Gasteiger partial charge is 0.383 e. The van der Waals surface area contributed by atoms with Crippen LogP contribution in [0.25, 0.3) is 0 Å². The van der Waals surface area contributed by atoms with E-state index in [4.69, 9.17) is 5.11 Å². The van der Waals surface area contributed by atoms with E-state index in [2.05, 4.69) is 15.2 Å². The highest BCUT2D eigenvalue weighted by Gasteiger charge is 2.38. The number of nitrogens with one attached hydrogen (secondary N) is 1. The van der Waals surface area contributed by atoms with E-state index < -0.39 is 18.0 Å². The van der Waals surface area contributed by atoms with E-state index in [1.807, 2.05) is 6.92 Å². The molecule has 92 valence electrons. The van der Waals surface area contributed by atoms with Crippen LogP contribution in [0.3, 0.4) is 0 Å². The normalized spacial score (nSPS) is 14.1. The lowest BCUT2D eigenvalue weighted by molar-refractivity contribution is -0.195. The van der Waals surface area contributed by atoms with Gasteiger partial charge >= 0.3 is 6.18 Å². The minimum atomic E-state index is -4.59. The maximum Gasteiger partial charge on any atom is 0.415 e. The third-order valence-electron chi connectivity index (χ3n) is 1.75. The number of hydrogen-bond donors (Lipinski definition) is 2. The van der Waals surface area contributed by atoms with Crippen molar-refractivity contribution in [3.8, 4) is 0 Å². The van der Waals surface area contributed by atoms with Gasteiger partial charge in [0.1, 0.15) is 5.82 Å². The molecule has 8 heteroatoms. The fraction of sp³-hybridized carbons (Fsp3) is 0.750. The fourth-order valence-corrected chi connectivity index (χ4v) is 1.72. The van der Waals surface area contributed by atoms with E-state index in [1.165, 1.54) is 0 Å². The van der Waals surface area contributed by atoms with Gasteiger partial charge in [-0.05, 0) is 6.42 Å². The molecule has 0 fully saturated rings. The van der Waals surface area contributed by atoms with Crippen LogP contribution in [0, 0.1) is 0 Å². The van der Waals surface area contributed by atoms with E-state index in [1.54, 1.807) is 0 Å². The predicted octanol–water partition coefficient (Wildman–Crippen LogP) is 1.77. The summed E-state index contributed by atoms with van der Waals surface area (Å²) < 4.78 is 35.9. The van der Waals surface area contributed by atoms with Crippen molar-refractivity contribution < 1.29 is 18.3 Å². The van der Waals surface area contributed by atoms with Crippen LogP contribution < -0.4 is 0 Å². The van der Waals surface area contributed by atoms with Crippen LogP contribution in [0.5, 0.6) is 0 Å². The number of nitrogens with zero attached hydrogens (tertiary/aromatic N) is 2. The number of halogens is 3. The highest BCUT2D eigenvalue weighted by Crippen LogP contribution is 2.25. The van der Waals surface area contributed by atoms with Crippen molar-refractivity contribution in [2.45, 2.75) is 37.2 Å². The largest absolute Gasteiger partial charge is 0.415 e. The molecule has 1 heterocycles. The van der Waals surface area contributed by atoms with Crippen LogP contribution in [-0.4, -0.2) is 38.3 Å². The molecule has 1 atom stereocenters. The molecule has 0 bridgehead atoms. The molecule has 16 heavy (non-hydrogen) atoms. The molecule has 4 nitrogen and oxygen atoms in total. The SMILES string of the molecule is CCCc1nc(SC[C@H](O)C(F)(F)F)n[nH]1. The van der Waals surface area contributed by atoms with Crippen molar-refractivity contribution >= 4 is 11.8 Å². The van der Waals surface area contributed by atoms with Gasteiger partial charge in [-0.2, -0.15) is 13.2 Å². The van der Waals surface area contributed by atoms with Gasteiger partial charge in [-0.3, -0.25) is 5.10 Å². The molecule has 1 aromatic heterocycles. The zero-order chi connectivity index (χ0) is 12.2. The lowest BCUT2D eigenvalue weighted by Crippen LogP contribution is -2.30. The van der Waals surface area contributed by atoms with Gasteiger partial charge in [-0.1, -0.05) is 18.7 Å². The van der Waals surface area contributed by atoms with Crippen molar-refractivity contribution in [1.29, 1.82) is 0 Å². The van der Waals surface area contributed by atoms with Gasteiger partial charge in [0.2, 0.25) is 5.16 Å². The monoisotopic (exact) mass is 255 g/mol. The first-order valence-corrected chi connectivity index (χ1v) is 5.71. The van der Waals surface area contributed by atoms with Gasteiger partial charge in [0.25, 0.3) is 0 Å². The number of aliphatic hydroxyl groups excluding tert-OH is 1. The van der Waals surface area contributed by atoms with Crippen molar-refractivity contribution in [1.82, 2.24) is 15.2 Å². The minimum Gasteiger partial charge on any atom is -0.383 e. The van der Waals surface area contributed by atoms with Gasteiger partial charge in [-0.25, -0.2) is 4.98 Å². The molecule has 0 aromatic carbocycles. The maximum absolute atomic E-state index is 12.0. The van der Waals surface area contributed by atoms with E-state index >= 15 is 0 Å². The summed E-state index contributed by atoms with van der Waals surface area (Å²) in [5.41, 5.74) is 0. The Kier molecular flexibility index (Phi) is 4.60. The Balaban J connectivity index is 2.42. The van der Waals surface area contributed by atoms with Crippen LogP contribution in [-0.2, 0) is 6.42 Å². The van der Waals surface area contributed by atoms with Crippen LogP contribution >= 0.6 is 11.8 Å². The van der Waals surface area contributed by atoms with Crippen LogP contribution in [0.4, 0.5) is 13.2 Å². The molecule has 0 radical (unpaired) electrons. The number of hydrogen-bond acceptors (Lipinski definition) is 4. The standard InChI is InChI=1S/C8H12F3N3OS/c1-2-3-6-12-7(14-13-6)16-4-5(15)8(9,10)11/h5,15H,2-4H2,1H3,(H,12,13,14)/t5-/m0/s1. The molecular formula is C8H12F3N3OS. The zero-order valence-electron chi connectivity index (χ0n) is 8.58. The van der Waals surface area contributed by atoms with E-state index in [0.29, 0.717) is 12.2 Å². The Bertz CT molecular complexity index is 329. The third-order valence-corrected chi connectivity index (χ3v) is 2.67. The van der Waals surface area contributed by atoms with Gasteiger partial charge < -0.3 is 5.11 Å². The van der Waals surface area contributed by atoms with Crippen molar-refractivity contribution in [3.63, 3.8) is 0 Å². The Hall–Kier alpha value is -0.760. The molecule has 1 aromatic rings. The Morgan fingerprint density at radius 3 is 2.75 bits per heavy atom. The summed E-state index contributed by atoms with van der Waals surface area (Å²) in [4.78, 5) is 3.97. The topological polar surface area (TPSA) is 61.8 Å². The second-order valence-electron chi connectivity index (χ2n) is 3.18. The van der Waals surface area contributed by atoms with Crippen molar-refractivity contribution in [2.24, 2.45) is 0 Å². The lowest BCUT2D eigenvalue weighted by Gasteiger charge is -2.12. The molecule has 0 aliphatic heterocycles. The Morgan fingerprint density at radius 2 is 2.19 bits per heavy atom. The molecule has 1 rings (SSSR count). The molecule has 0 unspecified atom stereocenters. The fourth-order valence-electron chi connectivity index (χ4n) is 0.939. The van der Waals surface area contributed by atoms with Crippen LogP contribution in [0.1, 0.15) is 19.2 Å². The third kappa shape index (κ3) is 4.01. The molecular weight excluding hydrogens is 243 g/mol. The van der Waals surface area contributed by atoms with E-state index in [0.717, 1.165) is 18.2 Å². The number of aromatic nitrogens is 3. The van der Waals surface area contributed by atoms with Gasteiger partial charge in [0.15, 0.2) is 6.10 Å². The molecule has 0 saturated carbocycles. The summed E-state index contributed by atoms with van der Waals surface area (Å²) >= 11 is 0.779. The summed E-state index contributed by atoms with van der Waals surface area (Å²) in [5.74, 6) is 0.152. The number of thioether (sulfide) groups is 1. The number of rotatable bonds is 5. The molecule has 0 amide bonds. The summed E-state index contributed by atoms with van der Waals surface area (Å²) in [6.45, 7) is 1.96. The molecule has 0 saturated heterocycles. The van der Waals surface area contributed by atoms with Crippen molar-refractivity contribution in [3.05, 3.63) is 5.82 Å². The average Bonchev–Trinajstić information content (AvgIpc) is 2.61. The highest BCUT2D eigenvalue weighted by atomic mass is 32.2. The quantitative estimate of drug-likeness (QED) is 0.787. The Labute approximate surface area is 94.7 Å². The Morgan fingerprint density at radius 1 is 1.50 bits per heavy atom. The zero-order valence-corrected chi connectivity index (χ0v) is 9.40. The number of H-pyrrole nitrogens is 1. The highest BCUT2D eigenvalue weighted by molar-refractivity contribution is 7.99. The summed E-state index contributed by atoms with van der Waals surface area (Å²) in [7, 11) is 0. The number of aromatic amines is 1. The average molecular weight is 255 g/mol. The van der Waals surface area contributed by atoms with Gasteiger partial charge in [0, 0.05) is 12.2 Å². The number of aryl methyl sites for hydroxylation is 1. The van der Waals surface area contributed by atoms with Gasteiger partial charge in [0.05, 0.1) is 0 Å². The van der Waals surface area contributed by atoms with E-state index in [-0.39, 0.29) is 5.16 Å². The molecule has 0 aliphatic carbocycles. The van der Waals surface area contributed by atoms with Crippen LogP contribution in [0.2, 0.25) is 0 Å². The van der Waals surface area contributed by atoms with E-state index in [9.17, 15) is 13.2 Å². The minimum absolute atomic E-state index is 0.228. The first kappa shape index (κ1) is 13.3. The summed E-state index contributed by atoms with van der Waals surface area (Å²) in [5, 5.41) is 15.3. The predicted molar refractivity (Wildman–Crippen MR) is 53.2 cm³/mol. The summed E-state index contributed by atoms with van der Waals surface area (Å²) in [6.07, 6.45) is -5.35. The molecule has 0 spiro atoms. The second kappa shape index (κ2) is 5.53.